The molecule has 1 saturated carbocycles. The van der Waals surface area contributed by atoms with Crippen LogP contribution in [0.15, 0.2) is 66.7 Å². The minimum atomic E-state index is -0.978. The summed E-state index contributed by atoms with van der Waals surface area (Å²) in [5, 5.41) is 27.7. The van der Waals surface area contributed by atoms with E-state index in [2.05, 4.69) is 15.5 Å². The van der Waals surface area contributed by atoms with Gasteiger partial charge in [-0.1, -0.05) is 18.2 Å². The monoisotopic (exact) mass is 633 g/mol. The number of piperidine rings is 1. The van der Waals surface area contributed by atoms with Gasteiger partial charge in [0.1, 0.15) is 24.3 Å². The van der Waals surface area contributed by atoms with Gasteiger partial charge in [-0.2, -0.15) is 10.5 Å². The average Bonchev–Trinajstić information content (AvgIpc) is 3.74. The third kappa shape index (κ3) is 7.62. The number of nitrogens with zero attached hydrogens (tertiary/aromatic N) is 5. The van der Waals surface area contributed by atoms with Crippen LogP contribution in [0.3, 0.4) is 0 Å². The van der Waals surface area contributed by atoms with Crippen molar-refractivity contribution in [2.75, 3.05) is 13.1 Å². The smallest absolute Gasteiger partial charge is 0.328 e. The van der Waals surface area contributed by atoms with Crippen molar-refractivity contribution in [2.45, 2.75) is 64.8 Å². The summed E-state index contributed by atoms with van der Waals surface area (Å²) in [5.74, 6) is 0.238. The van der Waals surface area contributed by atoms with Crippen LogP contribution in [0, 0.1) is 33.9 Å². The van der Waals surface area contributed by atoms with Gasteiger partial charge in [0.15, 0.2) is 11.6 Å². The lowest BCUT2D eigenvalue weighted by atomic mass is 10.0. The molecule has 0 bridgehead atoms. The molecule has 2 heterocycles. The van der Waals surface area contributed by atoms with E-state index in [0.717, 1.165) is 85.1 Å². The zero-order chi connectivity index (χ0) is 33.0. The number of fused-ring (bicyclic) bond motifs is 1. The van der Waals surface area contributed by atoms with Crippen LogP contribution in [-0.2, 0) is 24.5 Å². The normalized spacial score (nSPS) is 16.4. The Morgan fingerprint density at radius 1 is 1.13 bits per heavy atom. The molecule has 1 aromatic heterocycles. The number of carbonyl (C=O) groups is 1. The van der Waals surface area contributed by atoms with Crippen LogP contribution in [0.25, 0.3) is 16.6 Å². The number of nitriles is 2. The highest BCUT2D eigenvalue weighted by molar-refractivity contribution is 5.91. The second kappa shape index (κ2) is 13.7. The minimum Gasteiger partial charge on any atom is -0.490 e. The number of carboxylic acids is 1. The zero-order valence-corrected chi connectivity index (χ0v) is 26.3. The van der Waals surface area contributed by atoms with Gasteiger partial charge >= 0.3 is 5.97 Å². The number of hydrogen-bond donors (Lipinski definition) is 1. The number of rotatable bonds is 12. The summed E-state index contributed by atoms with van der Waals surface area (Å²) in [6.45, 7) is 5.03. The number of hydrogen-bond acceptors (Lipinski definition) is 7. The van der Waals surface area contributed by atoms with Crippen LogP contribution in [0.4, 0.5) is 4.39 Å². The second-order valence-corrected chi connectivity index (χ2v) is 12.6. The van der Waals surface area contributed by atoms with E-state index in [9.17, 15) is 19.6 Å². The molecule has 3 aromatic carbocycles. The molecule has 0 unspecified atom stereocenters. The van der Waals surface area contributed by atoms with Gasteiger partial charge in [-0.25, -0.2) is 14.2 Å². The predicted molar refractivity (Wildman–Crippen MR) is 174 cm³/mol. The molecule has 0 radical (unpaired) electrons. The van der Waals surface area contributed by atoms with Gasteiger partial charge in [0, 0.05) is 37.5 Å². The van der Waals surface area contributed by atoms with Crippen molar-refractivity contribution in [1.82, 2.24) is 14.5 Å². The molecule has 0 amide bonds. The summed E-state index contributed by atoms with van der Waals surface area (Å²) in [7, 11) is 0. The van der Waals surface area contributed by atoms with Crippen molar-refractivity contribution in [2.24, 2.45) is 5.41 Å². The average molecular weight is 634 g/mol. The summed E-state index contributed by atoms with van der Waals surface area (Å²) in [5.41, 5.74) is 4.40. The fourth-order valence-corrected chi connectivity index (χ4v) is 6.19. The summed E-state index contributed by atoms with van der Waals surface area (Å²) in [6.07, 6.45) is 5.49. The van der Waals surface area contributed by atoms with E-state index in [-0.39, 0.29) is 29.4 Å². The molecule has 2 fully saturated rings. The summed E-state index contributed by atoms with van der Waals surface area (Å²) < 4.78 is 28.5. The molecule has 1 N–H and O–H groups in total. The van der Waals surface area contributed by atoms with Gasteiger partial charge in [0.05, 0.1) is 35.3 Å². The zero-order valence-electron chi connectivity index (χ0n) is 26.3. The second-order valence-electron chi connectivity index (χ2n) is 12.6. The molecule has 1 saturated heterocycles. The molecular weight excluding hydrogens is 597 g/mol. The number of halogens is 1. The lowest BCUT2D eigenvalue weighted by Crippen LogP contribution is -2.38. The maximum atomic E-state index is 14.2. The quantitative estimate of drug-likeness (QED) is 0.168. The van der Waals surface area contributed by atoms with Crippen molar-refractivity contribution in [3.8, 4) is 23.6 Å². The number of benzene rings is 3. The van der Waals surface area contributed by atoms with Crippen LogP contribution >= 0.6 is 0 Å². The molecule has 1 aliphatic heterocycles. The fraction of sp³-hybridized carbons (Fsp3) is 0.351. The first-order chi connectivity index (χ1) is 22.7. The standard InChI is InChI=1S/C37H36FN5O4/c1-25(17-36(44)45)28-6-7-32-33(20-28)43(24-37(11-12-37)13-14-39)35(41-32)22-42-15-9-29(10-16-42)47-30-4-2-3-27(18-30)23-46-34-8-5-26(21-40)19-31(34)38/h2-8,17-20,29H,9-13,15-16,22-24H2,1H3,(H,44,45)/b25-17+. The molecule has 9 nitrogen and oxygen atoms in total. The van der Waals surface area contributed by atoms with Gasteiger partial charge in [0.2, 0.25) is 0 Å². The van der Waals surface area contributed by atoms with Crippen molar-refractivity contribution >= 4 is 22.6 Å². The highest BCUT2D eigenvalue weighted by Gasteiger charge is 2.43. The van der Waals surface area contributed by atoms with E-state index >= 15 is 0 Å². The lowest BCUT2D eigenvalue weighted by Gasteiger charge is -2.32. The number of likely N-dealkylation sites (tertiary alicyclic amines) is 1. The Balaban J connectivity index is 1.10. The van der Waals surface area contributed by atoms with Gasteiger partial charge in [-0.05, 0) is 91.8 Å². The summed E-state index contributed by atoms with van der Waals surface area (Å²) in [6, 6.07) is 21.9. The van der Waals surface area contributed by atoms with E-state index in [1.165, 1.54) is 18.2 Å². The first-order valence-electron chi connectivity index (χ1n) is 15.8. The predicted octanol–water partition coefficient (Wildman–Crippen LogP) is 6.85. The molecule has 4 aromatic rings. The summed E-state index contributed by atoms with van der Waals surface area (Å²) in [4.78, 5) is 18.7. The maximum absolute atomic E-state index is 14.2. The van der Waals surface area contributed by atoms with E-state index in [4.69, 9.17) is 19.7 Å². The van der Waals surface area contributed by atoms with Gasteiger partial charge in [0.25, 0.3) is 0 Å². The first-order valence-corrected chi connectivity index (χ1v) is 15.8. The summed E-state index contributed by atoms with van der Waals surface area (Å²) >= 11 is 0. The van der Waals surface area contributed by atoms with Crippen LogP contribution in [0.2, 0.25) is 0 Å². The number of aliphatic carboxylic acids is 1. The SMILES string of the molecule is C/C(=C\C(=O)O)c1ccc2nc(CN3CCC(Oc4cccc(COc5ccc(C#N)cc5F)c4)CC3)n(CC3(CC#N)CC3)c2c1. The molecular formula is C37H36FN5O4. The van der Waals surface area contributed by atoms with Crippen molar-refractivity contribution in [1.29, 1.82) is 10.5 Å². The van der Waals surface area contributed by atoms with E-state index in [0.29, 0.717) is 18.5 Å². The van der Waals surface area contributed by atoms with Crippen molar-refractivity contribution < 1.29 is 23.8 Å². The minimum absolute atomic E-state index is 0.0321. The fourth-order valence-electron chi connectivity index (χ4n) is 6.19. The van der Waals surface area contributed by atoms with Gasteiger partial charge in [-0.3, -0.25) is 4.90 Å². The van der Waals surface area contributed by atoms with Crippen LogP contribution < -0.4 is 9.47 Å². The number of carboxylic acid groups (broad SMARTS) is 1. The Morgan fingerprint density at radius 2 is 1.94 bits per heavy atom. The number of aromatic nitrogens is 2. The molecule has 0 atom stereocenters. The van der Waals surface area contributed by atoms with E-state index in [1.54, 1.807) is 6.92 Å². The van der Waals surface area contributed by atoms with Crippen LogP contribution in [0.5, 0.6) is 11.5 Å². The lowest BCUT2D eigenvalue weighted by molar-refractivity contribution is -0.131. The number of ether oxygens (including phenoxy) is 2. The Morgan fingerprint density at radius 3 is 2.64 bits per heavy atom. The molecule has 240 valence electrons. The third-order valence-corrected chi connectivity index (χ3v) is 9.08. The first kappa shape index (κ1) is 31.8. The molecule has 1 aliphatic carbocycles. The molecule has 2 aliphatic rings. The Bertz CT molecular complexity index is 1910. The highest BCUT2D eigenvalue weighted by atomic mass is 19.1. The van der Waals surface area contributed by atoms with Gasteiger partial charge < -0.3 is 19.1 Å². The number of imidazole rings is 1. The molecule has 6 rings (SSSR count). The topological polar surface area (TPSA) is 124 Å². The third-order valence-electron chi connectivity index (χ3n) is 9.08. The molecule has 47 heavy (non-hydrogen) atoms. The van der Waals surface area contributed by atoms with Crippen LogP contribution in [-0.4, -0.2) is 44.7 Å². The number of allylic oxidation sites excluding steroid dienone is 1. The van der Waals surface area contributed by atoms with Crippen molar-refractivity contribution in [3.63, 3.8) is 0 Å². The maximum Gasteiger partial charge on any atom is 0.328 e. The van der Waals surface area contributed by atoms with Gasteiger partial charge in [-0.15, -0.1) is 0 Å². The van der Waals surface area contributed by atoms with Crippen LogP contribution in [0.1, 0.15) is 61.5 Å². The Labute approximate surface area is 273 Å². The molecule has 0 spiro atoms. The molecule has 10 heteroatoms. The largest absolute Gasteiger partial charge is 0.490 e. The van der Waals surface area contributed by atoms with E-state index < -0.39 is 11.8 Å². The Kier molecular flexibility index (Phi) is 9.24. The Hall–Kier alpha value is -5.19. The van der Waals surface area contributed by atoms with E-state index in [1.807, 2.05) is 48.5 Å². The highest BCUT2D eigenvalue weighted by Crippen LogP contribution is 2.50. The van der Waals surface area contributed by atoms with Crippen molar-refractivity contribution in [3.05, 3.63) is 95.1 Å².